The Labute approximate surface area is 70.5 Å². The van der Waals surface area contributed by atoms with Crippen molar-refractivity contribution in [2.45, 2.75) is 18.8 Å². The van der Waals surface area contributed by atoms with Gasteiger partial charge in [-0.1, -0.05) is 0 Å². The average molecular weight is 180 g/mol. The normalized spacial score (nSPS) is 33.2. The van der Waals surface area contributed by atoms with Crippen molar-refractivity contribution >= 4 is 0 Å². The monoisotopic (exact) mass is 180 g/mol. The van der Waals surface area contributed by atoms with Crippen molar-refractivity contribution in [3.63, 3.8) is 0 Å². The molecule has 0 saturated carbocycles. The maximum Gasteiger partial charge on any atom is 0.201 e. The zero-order valence-electron chi connectivity index (χ0n) is 7.16. The SMILES string of the molecule is CO[C@@H]1OCCO[C@@H](OC)C1F. The molecule has 0 bridgehead atoms. The van der Waals surface area contributed by atoms with E-state index in [1.54, 1.807) is 0 Å². The van der Waals surface area contributed by atoms with E-state index in [9.17, 15) is 4.39 Å². The third-order valence-electron chi connectivity index (χ3n) is 1.63. The molecule has 72 valence electrons. The van der Waals surface area contributed by atoms with E-state index >= 15 is 0 Å². The summed E-state index contributed by atoms with van der Waals surface area (Å²) in [5.74, 6) is 0. The Hall–Kier alpha value is -0.230. The van der Waals surface area contributed by atoms with Crippen LogP contribution in [-0.4, -0.2) is 46.2 Å². The van der Waals surface area contributed by atoms with E-state index in [4.69, 9.17) is 18.9 Å². The molecule has 0 aromatic carbocycles. The van der Waals surface area contributed by atoms with Crippen LogP contribution in [0.15, 0.2) is 0 Å². The Morgan fingerprint density at radius 1 is 1.08 bits per heavy atom. The summed E-state index contributed by atoms with van der Waals surface area (Å²) >= 11 is 0. The predicted molar refractivity (Wildman–Crippen MR) is 38.4 cm³/mol. The number of halogens is 1. The van der Waals surface area contributed by atoms with E-state index < -0.39 is 18.8 Å². The fourth-order valence-electron chi connectivity index (χ4n) is 1.04. The van der Waals surface area contributed by atoms with Gasteiger partial charge in [-0.25, -0.2) is 4.39 Å². The van der Waals surface area contributed by atoms with Crippen LogP contribution < -0.4 is 0 Å². The predicted octanol–water partition coefficient (Wildman–Crippen LogP) is 0.316. The molecular formula is C7H13FO4. The van der Waals surface area contributed by atoms with Gasteiger partial charge in [0, 0.05) is 14.2 Å². The van der Waals surface area contributed by atoms with Crippen LogP contribution in [0.3, 0.4) is 0 Å². The van der Waals surface area contributed by atoms with Crippen molar-refractivity contribution in [1.82, 2.24) is 0 Å². The van der Waals surface area contributed by atoms with Crippen LogP contribution in [0.1, 0.15) is 0 Å². The second-order valence-electron chi connectivity index (χ2n) is 2.39. The molecule has 0 unspecified atom stereocenters. The largest absolute Gasteiger partial charge is 0.353 e. The first-order chi connectivity index (χ1) is 5.79. The van der Waals surface area contributed by atoms with Gasteiger partial charge in [-0.3, -0.25) is 0 Å². The first-order valence-electron chi connectivity index (χ1n) is 3.72. The second kappa shape index (κ2) is 4.71. The lowest BCUT2D eigenvalue weighted by Gasteiger charge is -2.21. The highest BCUT2D eigenvalue weighted by Crippen LogP contribution is 2.16. The highest BCUT2D eigenvalue weighted by molar-refractivity contribution is 4.67. The smallest absolute Gasteiger partial charge is 0.201 e. The fraction of sp³-hybridized carbons (Fsp3) is 1.00. The summed E-state index contributed by atoms with van der Waals surface area (Å²) in [5.41, 5.74) is 0. The van der Waals surface area contributed by atoms with Crippen molar-refractivity contribution in [2.75, 3.05) is 27.4 Å². The van der Waals surface area contributed by atoms with Crippen LogP contribution in [0.25, 0.3) is 0 Å². The number of alkyl halides is 1. The number of rotatable bonds is 2. The van der Waals surface area contributed by atoms with E-state index in [-0.39, 0.29) is 0 Å². The summed E-state index contributed by atoms with van der Waals surface area (Å²) < 4.78 is 32.8. The van der Waals surface area contributed by atoms with Crippen molar-refractivity contribution < 1.29 is 23.3 Å². The Bertz CT molecular complexity index is 119. The number of methoxy groups -OCH3 is 2. The summed E-state index contributed by atoms with van der Waals surface area (Å²) in [6, 6.07) is 0. The number of ether oxygens (including phenoxy) is 4. The zero-order chi connectivity index (χ0) is 8.97. The minimum absolute atomic E-state index is 0.318. The molecule has 0 aliphatic carbocycles. The lowest BCUT2D eigenvalue weighted by Crippen LogP contribution is -2.36. The molecule has 1 saturated heterocycles. The quantitative estimate of drug-likeness (QED) is 0.613. The Kier molecular flexibility index (Phi) is 3.87. The van der Waals surface area contributed by atoms with Crippen molar-refractivity contribution in [3.05, 3.63) is 0 Å². The molecule has 0 N–H and O–H groups in total. The van der Waals surface area contributed by atoms with Crippen LogP contribution in [-0.2, 0) is 18.9 Å². The number of hydrogen-bond acceptors (Lipinski definition) is 4. The third-order valence-corrected chi connectivity index (χ3v) is 1.63. The van der Waals surface area contributed by atoms with E-state index in [1.165, 1.54) is 14.2 Å². The third kappa shape index (κ3) is 2.13. The number of hydrogen-bond donors (Lipinski definition) is 0. The molecule has 0 radical (unpaired) electrons. The first-order valence-corrected chi connectivity index (χ1v) is 3.72. The molecule has 5 heteroatoms. The lowest BCUT2D eigenvalue weighted by atomic mass is 10.3. The van der Waals surface area contributed by atoms with Crippen LogP contribution in [0.4, 0.5) is 4.39 Å². The summed E-state index contributed by atoms with van der Waals surface area (Å²) in [4.78, 5) is 0. The molecule has 1 rings (SSSR count). The van der Waals surface area contributed by atoms with E-state index in [2.05, 4.69) is 0 Å². The van der Waals surface area contributed by atoms with E-state index in [0.717, 1.165) is 0 Å². The van der Waals surface area contributed by atoms with Crippen molar-refractivity contribution in [1.29, 1.82) is 0 Å². The van der Waals surface area contributed by atoms with Gasteiger partial charge in [0.25, 0.3) is 0 Å². The van der Waals surface area contributed by atoms with Crippen LogP contribution >= 0.6 is 0 Å². The molecule has 0 spiro atoms. The van der Waals surface area contributed by atoms with Gasteiger partial charge in [-0.05, 0) is 0 Å². The first kappa shape index (κ1) is 9.85. The fourth-order valence-corrected chi connectivity index (χ4v) is 1.04. The molecule has 2 atom stereocenters. The molecule has 12 heavy (non-hydrogen) atoms. The average Bonchev–Trinajstić information content (AvgIpc) is 2.27. The van der Waals surface area contributed by atoms with Gasteiger partial charge in [-0.2, -0.15) is 0 Å². The zero-order valence-corrected chi connectivity index (χ0v) is 7.16. The standard InChI is InChI=1S/C7H13FO4/c1-9-6-5(8)7(10-2)12-4-3-11-6/h5-7H,3-4H2,1-2H3/t6-,7-/m1/s1. The summed E-state index contributed by atoms with van der Waals surface area (Å²) in [6.07, 6.45) is -3.18. The highest BCUT2D eigenvalue weighted by Gasteiger charge is 2.33. The summed E-state index contributed by atoms with van der Waals surface area (Å²) in [6.45, 7) is 0.636. The maximum atomic E-state index is 13.3. The summed E-state index contributed by atoms with van der Waals surface area (Å²) in [5, 5.41) is 0. The molecule has 1 heterocycles. The second-order valence-corrected chi connectivity index (χ2v) is 2.39. The van der Waals surface area contributed by atoms with E-state index in [1.807, 2.05) is 0 Å². The van der Waals surface area contributed by atoms with Crippen molar-refractivity contribution in [3.8, 4) is 0 Å². The van der Waals surface area contributed by atoms with Gasteiger partial charge in [0.1, 0.15) is 0 Å². The lowest BCUT2D eigenvalue weighted by molar-refractivity contribution is -0.203. The molecule has 4 nitrogen and oxygen atoms in total. The maximum absolute atomic E-state index is 13.3. The van der Waals surface area contributed by atoms with Crippen molar-refractivity contribution in [2.24, 2.45) is 0 Å². The molecule has 1 aliphatic rings. The highest BCUT2D eigenvalue weighted by atomic mass is 19.1. The van der Waals surface area contributed by atoms with Crippen LogP contribution in [0.5, 0.6) is 0 Å². The Morgan fingerprint density at radius 3 is 1.83 bits per heavy atom. The Morgan fingerprint density at radius 2 is 1.50 bits per heavy atom. The molecular weight excluding hydrogens is 167 g/mol. The van der Waals surface area contributed by atoms with Crippen LogP contribution in [0.2, 0.25) is 0 Å². The minimum Gasteiger partial charge on any atom is -0.353 e. The molecule has 0 aromatic heterocycles. The minimum atomic E-state index is -1.40. The molecule has 1 fully saturated rings. The van der Waals surface area contributed by atoms with Gasteiger partial charge in [0.2, 0.25) is 6.17 Å². The Balaban J connectivity index is 2.53. The van der Waals surface area contributed by atoms with Gasteiger partial charge >= 0.3 is 0 Å². The van der Waals surface area contributed by atoms with Gasteiger partial charge in [-0.15, -0.1) is 0 Å². The van der Waals surface area contributed by atoms with Gasteiger partial charge < -0.3 is 18.9 Å². The van der Waals surface area contributed by atoms with E-state index in [0.29, 0.717) is 13.2 Å². The topological polar surface area (TPSA) is 36.9 Å². The summed E-state index contributed by atoms with van der Waals surface area (Å²) in [7, 11) is 2.77. The molecule has 1 aliphatic heterocycles. The van der Waals surface area contributed by atoms with Crippen LogP contribution in [0, 0.1) is 0 Å². The van der Waals surface area contributed by atoms with Gasteiger partial charge in [0.15, 0.2) is 12.6 Å². The molecule has 0 aromatic rings. The molecule has 0 amide bonds. The van der Waals surface area contributed by atoms with Gasteiger partial charge in [0.05, 0.1) is 13.2 Å².